The van der Waals surface area contributed by atoms with Crippen LogP contribution in [-0.2, 0) is 9.53 Å². The number of nitrogens with two attached hydrogens (primary N) is 1. The van der Waals surface area contributed by atoms with Gasteiger partial charge in [-0.3, -0.25) is 4.79 Å². The van der Waals surface area contributed by atoms with Crippen molar-refractivity contribution in [1.29, 1.82) is 0 Å². The van der Waals surface area contributed by atoms with Crippen molar-refractivity contribution in [2.45, 2.75) is 19.9 Å². The molecular formula is C20H21BrN8O2. The molecule has 160 valence electrons. The first-order valence-corrected chi connectivity index (χ1v) is 10.1. The predicted octanol–water partition coefficient (Wildman–Crippen LogP) is 3.24. The Hall–Kier alpha value is -3.60. The van der Waals surface area contributed by atoms with Gasteiger partial charge in [0.05, 0.1) is 7.11 Å². The minimum atomic E-state index is -0.534. The van der Waals surface area contributed by atoms with Crippen LogP contribution in [0.2, 0.25) is 0 Å². The lowest BCUT2D eigenvalue weighted by molar-refractivity contribution is -0.112. The maximum Gasteiger partial charge on any atom is 0.263 e. The molecule has 0 radical (unpaired) electrons. The fraction of sp³-hybridized carbons (Fsp3) is 0.200. The Morgan fingerprint density at radius 2 is 2.16 bits per heavy atom. The molecule has 3 aromatic rings. The van der Waals surface area contributed by atoms with Crippen LogP contribution in [0, 0.1) is 0 Å². The van der Waals surface area contributed by atoms with E-state index in [9.17, 15) is 4.79 Å². The first kappa shape index (κ1) is 22.1. The number of anilines is 1. The fourth-order valence-corrected chi connectivity index (χ4v) is 2.88. The van der Waals surface area contributed by atoms with Crippen LogP contribution in [0.4, 0.5) is 11.6 Å². The third kappa shape index (κ3) is 5.51. The average Bonchev–Trinajstić information content (AvgIpc) is 3.24. The van der Waals surface area contributed by atoms with Gasteiger partial charge >= 0.3 is 0 Å². The lowest BCUT2D eigenvalue weighted by Crippen LogP contribution is -2.21. The maximum atomic E-state index is 12.9. The molecule has 0 unspecified atom stereocenters. The van der Waals surface area contributed by atoms with Gasteiger partial charge in [-0.2, -0.15) is 0 Å². The Morgan fingerprint density at radius 1 is 1.35 bits per heavy atom. The molecule has 0 atom stereocenters. The van der Waals surface area contributed by atoms with E-state index in [1.807, 2.05) is 18.4 Å². The van der Waals surface area contributed by atoms with Crippen LogP contribution >= 0.6 is 15.9 Å². The summed E-state index contributed by atoms with van der Waals surface area (Å²) in [6.45, 7) is 4.03. The molecule has 0 bridgehead atoms. The molecule has 10 nitrogen and oxygen atoms in total. The lowest BCUT2D eigenvalue weighted by atomic mass is 10.2. The van der Waals surface area contributed by atoms with Crippen molar-refractivity contribution >= 4 is 39.7 Å². The van der Waals surface area contributed by atoms with Crippen molar-refractivity contribution in [3.63, 3.8) is 0 Å². The van der Waals surface area contributed by atoms with Gasteiger partial charge in [0.2, 0.25) is 0 Å². The highest BCUT2D eigenvalue weighted by molar-refractivity contribution is 9.10. The molecule has 0 aliphatic carbocycles. The molecule has 3 N–H and O–H groups in total. The zero-order chi connectivity index (χ0) is 22.4. The minimum absolute atomic E-state index is 0.0295. The summed E-state index contributed by atoms with van der Waals surface area (Å²) in [4.78, 5) is 25.6. The molecule has 0 saturated carbocycles. The molecule has 0 fully saturated rings. The number of rotatable bonds is 7. The molecule has 0 saturated heterocycles. The number of carbonyl (C=O) groups is 1. The second kappa shape index (κ2) is 9.94. The molecule has 31 heavy (non-hydrogen) atoms. The highest BCUT2D eigenvalue weighted by Gasteiger charge is 2.16. The summed E-state index contributed by atoms with van der Waals surface area (Å²) in [6.07, 6.45) is 4.52. The minimum Gasteiger partial charge on any atom is -0.482 e. The molecule has 0 aliphatic heterocycles. The molecule has 3 heterocycles. The normalized spacial score (nSPS) is 12.2. The third-order valence-electron chi connectivity index (χ3n) is 4.11. The van der Waals surface area contributed by atoms with Crippen LogP contribution in [0.25, 0.3) is 11.5 Å². The van der Waals surface area contributed by atoms with Gasteiger partial charge in [0.25, 0.3) is 5.91 Å². The Labute approximate surface area is 187 Å². The highest BCUT2D eigenvalue weighted by Crippen LogP contribution is 2.20. The first-order chi connectivity index (χ1) is 14.9. The third-order valence-corrected chi connectivity index (χ3v) is 4.61. The number of nitrogens with one attached hydrogen (secondary N) is 1. The smallest absolute Gasteiger partial charge is 0.263 e. The predicted molar refractivity (Wildman–Crippen MR) is 121 cm³/mol. The van der Waals surface area contributed by atoms with Gasteiger partial charge in [-0.1, -0.05) is 22.0 Å². The van der Waals surface area contributed by atoms with E-state index in [0.29, 0.717) is 23.2 Å². The van der Waals surface area contributed by atoms with Crippen molar-refractivity contribution in [1.82, 2.24) is 24.7 Å². The Bertz CT molecular complexity index is 1140. The number of ether oxygens (including phenoxy) is 1. The lowest BCUT2D eigenvalue weighted by Gasteiger charge is -2.11. The van der Waals surface area contributed by atoms with Gasteiger partial charge < -0.3 is 20.4 Å². The number of nitrogens with zero attached hydrogens (tertiary/aromatic N) is 6. The van der Waals surface area contributed by atoms with Crippen molar-refractivity contribution < 1.29 is 9.53 Å². The molecule has 0 aliphatic rings. The van der Waals surface area contributed by atoms with Crippen molar-refractivity contribution in [3.8, 4) is 11.5 Å². The second-order valence-electron chi connectivity index (χ2n) is 6.59. The molecular weight excluding hydrogens is 464 g/mol. The van der Waals surface area contributed by atoms with Gasteiger partial charge in [-0.15, -0.1) is 10.2 Å². The van der Waals surface area contributed by atoms with Crippen molar-refractivity contribution in [3.05, 3.63) is 58.8 Å². The van der Waals surface area contributed by atoms with Gasteiger partial charge in [0, 0.05) is 22.9 Å². The second-order valence-corrected chi connectivity index (χ2v) is 7.51. The monoisotopic (exact) mass is 484 g/mol. The Morgan fingerprint density at radius 3 is 2.87 bits per heavy atom. The molecule has 1 amide bonds. The van der Waals surface area contributed by atoms with E-state index in [4.69, 9.17) is 10.5 Å². The van der Waals surface area contributed by atoms with E-state index in [1.165, 1.54) is 13.3 Å². The van der Waals surface area contributed by atoms with E-state index in [1.54, 1.807) is 42.9 Å². The number of aliphatic imine (C=N–C) groups is 1. The largest absolute Gasteiger partial charge is 0.482 e. The van der Waals surface area contributed by atoms with Crippen LogP contribution in [0.3, 0.4) is 0 Å². The highest BCUT2D eigenvalue weighted by atomic mass is 79.9. The van der Waals surface area contributed by atoms with Crippen LogP contribution in [0.15, 0.2) is 63.8 Å². The zero-order valence-electron chi connectivity index (χ0n) is 17.2. The number of aromatic nitrogens is 5. The number of hydrogen-bond acceptors (Lipinski definition) is 8. The maximum absolute atomic E-state index is 12.9. The van der Waals surface area contributed by atoms with E-state index < -0.39 is 5.91 Å². The summed E-state index contributed by atoms with van der Waals surface area (Å²) >= 11 is 3.35. The van der Waals surface area contributed by atoms with E-state index in [2.05, 4.69) is 46.4 Å². The number of methoxy groups -OCH3 is 1. The summed E-state index contributed by atoms with van der Waals surface area (Å²) in [5.74, 6) is 0.688. The number of carbonyl (C=O) groups excluding carboxylic acids is 1. The van der Waals surface area contributed by atoms with Gasteiger partial charge in [-0.25, -0.2) is 15.0 Å². The van der Waals surface area contributed by atoms with Crippen LogP contribution in [0.5, 0.6) is 0 Å². The van der Waals surface area contributed by atoms with Crippen molar-refractivity contribution in [2.24, 2.45) is 10.7 Å². The molecule has 3 rings (SSSR count). The summed E-state index contributed by atoms with van der Waals surface area (Å²) in [5.41, 5.74) is 6.46. The Balaban J connectivity index is 1.85. The zero-order valence-corrected chi connectivity index (χ0v) is 18.7. The van der Waals surface area contributed by atoms with E-state index >= 15 is 0 Å². The number of halogens is 1. The van der Waals surface area contributed by atoms with Gasteiger partial charge in [-0.05, 0) is 38.1 Å². The fourth-order valence-electron chi connectivity index (χ4n) is 2.56. The quantitative estimate of drug-likeness (QED) is 0.298. The van der Waals surface area contributed by atoms with E-state index in [-0.39, 0.29) is 17.5 Å². The topological polar surface area (TPSA) is 133 Å². The summed E-state index contributed by atoms with van der Waals surface area (Å²) in [6, 6.07) is 8.84. The first-order valence-electron chi connectivity index (χ1n) is 9.26. The Kier molecular flexibility index (Phi) is 7.08. The summed E-state index contributed by atoms with van der Waals surface area (Å²) in [5, 5.41) is 10.8. The number of pyridine rings is 2. The number of hydrogen-bond donors (Lipinski definition) is 2. The molecule has 3 aromatic heterocycles. The number of amides is 1. The average molecular weight is 485 g/mol. The molecule has 11 heteroatoms. The van der Waals surface area contributed by atoms with Crippen LogP contribution in [-0.4, -0.2) is 44.0 Å². The molecule has 0 spiro atoms. The van der Waals surface area contributed by atoms with Crippen LogP contribution < -0.4 is 11.1 Å². The standard InChI is InChI=1S/C20H21BrN8O2/c1-12(2)29-11-25-28-19(29)15-5-4-6-16(26-15)27-20(30)14(18(22)31-3)10-24-17-9-13(21)7-8-23-17/h4-12H,22H2,1-3H3,(H,26,27,30). The van der Waals surface area contributed by atoms with Gasteiger partial charge in [0.1, 0.15) is 23.4 Å². The summed E-state index contributed by atoms with van der Waals surface area (Å²) in [7, 11) is 1.37. The van der Waals surface area contributed by atoms with Gasteiger partial charge in [0.15, 0.2) is 17.5 Å². The van der Waals surface area contributed by atoms with Crippen LogP contribution in [0.1, 0.15) is 19.9 Å². The van der Waals surface area contributed by atoms with E-state index in [0.717, 1.165) is 4.47 Å². The summed E-state index contributed by atoms with van der Waals surface area (Å²) < 4.78 is 7.74. The van der Waals surface area contributed by atoms with Crippen molar-refractivity contribution in [2.75, 3.05) is 12.4 Å². The SMILES string of the molecule is COC(N)=C(C=Nc1cc(Br)ccn1)C(=O)Nc1cccc(-c2nncn2C(C)C)n1. The molecule has 0 aromatic carbocycles.